The lowest BCUT2D eigenvalue weighted by Crippen LogP contribution is -2.44. The molecule has 4 heteroatoms. The summed E-state index contributed by atoms with van der Waals surface area (Å²) in [6.45, 7) is 6.82. The number of hydrogen-bond donors (Lipinski definition) is 0. The third-order valence-corrected chi connectivity index (χ3v) is 4.10. The van der Waals surface area contributed by atoms with Gasteiger partial charge in [-0.2, -0.15) is 0 Å². The minimum atomic E-state index is -0.0264. The zero-order valence-corrected chi connectivity index (χ0v) is 12.5. The number of methoxy groups -OCH3 is 1. The van der Waals surface area contributed by atoms with Crippen LogP contribution in [-0.2, 0) is 9.53 Å². The van der Waals surface area contributed by atoms with E-state index in [0.29, 0.717) is 26.3 Å². The van der Waals surface area contributed by atoms with E-state index < -0.39 is 0 Å². The molecule has 1 heterocycles. The summed E-state index contributed by atoms with van der Waals surface area (Å²) in [6, 6.07) is 7.95. The van der Waals surface area contributed by atoms with Gasteiger partial charge in [-0.25, -0.2) is 0 Å². The molecule has 0 aromatic heterocycles. The van der Waals surface area contributed by atoms with Crippen LogP contribution in [0.15, 0.2) is 24.3 Å². The number of carbonyl (C=O) groups is 1. The summed E-state index contributed by atoms with van der Waals surface area (Å²) >= 11 is 0. The summed E-state index contributed by atoms with van der Waals surface area (Å²) in [4.78, 5) is 14.4. The molecule has 1 aromatic carbocycles. The fraction of sp³-hybridized carbons (Fsp3) is 0.562. The van der Waals surface area contributed by atoms with Gasteiger partial charge in [0, 0.05) is 19.0 Å². The van der Waals surface area contributed by atoms with E-state index in [0.717, 1.165) is 5.75 Å². The summed E-state index contributed by atoms with van der Waals surface area (Å²) in [5, 5.41) is 0. The second-order valence-electron chi connectivity index (χ2n) is 5.29. The number of ether oxygens (including phenoxy) is 2. The van der Waals surface area contributed by atoms with Crippen LogP contribution in [0.2, 0.25) is 0 Å². The summed E-state index contributed by atoms with van der Waals surface area (Å²) in [5.74, 6) is 1.22. The highest BCUT2D eigenvalue weighted by molar-refractivity contribution is 5.79. The zero-order valence-electron chi connectivity index (χ0n) is 12.5. The molecule has 0 radical (unpaired) electrons. The number of carbonyl (C=O) groups excluding carboxylic acids is 1. The van der Waals surface area contributed by atoms with Crippen LogP contribution in [0.5, 0.6) is 5.75 Å². The molecule has 1 aliphatic heterocycles. The van der Waals surface area contributed by atoms with E-state index in [1.165, 1.54) is 5.56 Å². The molecule has 110 valence electrons. The zero-order chi connectivity index (χ0) is 14.5. The van der Waals surface area contributed by atoms with E-state index in [-0.39, 0.29) is 17.7 Å². The second kappa shape index (κ2) is 6.75. The number of benzene rings is 1. The predicted octanol–water partition coefficient (Wildman–Crippen LogP) is 2.29. The van der Waals surface area contributed by atoms with Gasteiger partial charge in [-0.3, -0.25) is 4.79 Å². The van der Waals surface area contributed by atoms with E-state index in [1.54, 1.807) is 7.11 Å². The Bertz CT molecular complexity index is 438. The fourth-order valence-electron chi connectivity index (χ4n) is 2.48. The van der Waals surface area contributed by atoms with Crippen LogP contribution in [0, 0.1) is 5.92 Å². The van der Waals surface area contributed by atoms with Crippen molar-refractivity contribution in [2.45, 2.75) is 19.8 Å². The van der Waals surface area contributed by atoms with Crippen molar-refractivity contribution in [3.8, 4) is 5.75 Å². The Labute approximate surface area is 120 Å². The van der Waals surface area contributed by atoms with Crippen LogP contribution in [0.1, 0.15) is 25.3 Å². The second-order valence-corrected chi connectivity index (χ2v) is 5.29. The Hall–Kier alpha value is -1.55. The van der Waals surface area contributed by atoms with Gasteiger partial charge in [-0.1, -0.05) is 26.0 Å². The molecule has 1 amide bonds. The molecule has 0 bridgehead atoms. The average molecular weight is 277 g/mol. The molecule has 1 aromatic rings. The van der Waals surface area contributed by atoms with E-state index in [1.807, 2.05) is 36.1 Å². The van der Waals surface area contributed by atoms with Crippen LogP contribution < -0.4 is 4.74 Å². The number of rotatable bonds is 4. The Kier molecular flexibility index (Phi) is 5.01. The van der Waals surface area contributed by atoms with E-state index in [2.05, 4.69) is 6.92 Å². The first-order valence-electron chi connectivity index (χ1n) is 7.14. The molecule has 2 atom stereocenters. The minimum absolute atomic E-state index is 0.0264. The summed E-state index contributed by atoms with van der Waals surface area (Å²) < 4.78 is 10.5. The maximum Gasteiger partial charge on any atom is 0.226 e. The van der Waals surface area contributed by atoms with Crippen LogP contribution >= 0.6 is 0 Å². The van der Waals surface area contributed by atoms with E-state index in [9.17, 15) is 4.79 Å². The molecule has 20 heavy (non-hydrogen) atoms. The molecular formula is C16H23NO3. The SMILES string of the molecule is COc1ccc([C@H](C)[C@@H](C)C(=O)N2CCOCC2)cc1. The van der Waals surface area contributed by atoms with Gasteiger partial charge in [0.15, 0.2) is 0 Å². The average Bonchev–Trinajstić information content (AvgIpc) is 2.53. The Balaban J connectivity index is 2.02. The molecule has 0 N–H and O–H groups in total. The van der Waals surface area contributed by atoms with E-state index >= 15 is 0 Å². The minimum Gasteiger partial charge on any atom is -0.497 e. The van der Waals surface area contributed by atoms with E-state index in [4.69, 9.17) is 9.47 Å². The van der Waals surface area contributed by atoms with Crippen molar-refractivity contribution in [2.75, 3.05) is 33.4 Å². The van der Waals surface area contributed by atoms with Crippen molar-refractivity contribution in [3.05, 3.63) is 29.8 Å². The quantitative estimate of drug-likeness (QED) is 0.847. The van der Waals surface area contributed by atoms with Crippen molar-refractivity contribution in [3.63, 3.8) is 0 Å². The van der Waals surface area contributed by atoms with Crippen LogP contribution in [0.4, 0.5) is 0 Å². The number of nitrogens with zero attached hydrogens (tertiary/aromatic N) is 1. The molecule has 1 fully saturated rings. The first kappa shape index (κ1) is 14.9. The summed E-state index contributed by atoms with van der Waals surface area (Å²) in [6.07, 6.45) is 0. The van der Waals surface area contributed by atoms with Gasteiger partial charge in [0.25, 0.3) is 0 Å². The van der Waals surface area contributed by atoms with Crippen LogP contribution in [0.3, 0.4) is 0 Å². The maximum absolute atomic E-state index is 12.5. The van der Waals surface area contributed by atoms with Crippen molar-refractivity contribution < 1.29 is 14.3 Å². The van der Waals surface area contributed by atoms with Gasteiger partial charge in [-0.15, -0.1) is 0 Å². The van der Waals surface area contributed by atoms with Gasteiger partial charge in [0.05, 0.1) is 20.3 Å². The number of morpholine rings is 1. The Morgan fingerprint density at radius 2 is 1.80 bits per heavy atom. The lowest BCUT2D eigenvalue weighted by molar-refractivity contribution is -0.139. The molecule has 2 rings (SSSR count). The standard InChI is InChI=1S/C16H23NO3/c1-12(14-4-6-15(19-3)7-5-14)13(2)16(18)17-8-10-20-11-9-17/h4-7,12-13H,8-11H2,1-3H3/t12-,13-/m1/s1. The fourth-order valence-corrected chi connectivity index (χ4v) is 2.48. The lowest BCUT2D eigenvalue weighted by atomic mass is 9.88. The maximum atomic E-state index is 12.5. The topological polar surface area (TPSA) is 38.8 Å². The van der Waals surface area contributed by atoms with Crippen molar-refractivity contribution in [1.29, 1.82) is 0 Å². The highest BCUT2D eigenvalue weighted by atomic mass is 16.5. The van der Waals surface area contributed by atoms with Gasteiger partial charge in [0.2, 0.25) is 5.91 Å². The monoisotopic (exact) mass is 277 g/mol. The summed E-state index contributed by atoms with van der Waals surface area (Å²) in [5.41, 5.74) is 1.17. The van der Waals surface area contributed by atoms with Gasteiger partial charge < -0.3 is 14.4 Å². The largest absolute Gasteiger partial charge is 0.497 e. The number of hydrogen-bond acceptors (Lipinski definition) is 3. The molecule has 0 spiro atoms. The molecule has 0 aliphatic carbocycles. The Morgan fingerprint density at radius 1 is 1.20 bits per heavy atom. The highest BCUT2D eigenvalue weighted by Gasteiger charge is 2.27. The molecule has 1 aliphatic rings. The smallest absolute Gasteiger partial charge is 0.226 e. The number of amides is 1. The molecule has 4 nitrogen and oxygen atoms in total. The van der Waals surface area contributed by atoms with Crippen LogP contribution in [-0.4, -0.2) is 44.2 Å². The van der Waals surface area contributed by atoms with Crippen LogP contribution in [0.25, 0.3) is 0 Å². The first-order chi connectivity index (χ1) is 9.63. The third kappa shape index (κ3) is 3.31. The third-order valence-electron chi connectivity index (χ3n) is 4.10. The Morgan fingerprint density at radius 3 is 2.35 bits per heavy atom. The summed E-state index contributed by atoms with van der Waals surface area (Å²) in [7, 11) is 1.66. The van der Waals surface area contributed by atoms with Crippen molar-refractivity contribution >= 4 is 5.91 Å². The molecule has 0 unspecified atom stereocenters. The van der Waals surface area contributed by atoms with Gasteiger partial charge in [0.1, 0.15) is 5.75 Å². The first-order valence-corrected chi connectivity index (χ1v) is 7.14. The van der Waals surface area contributed by atoms with Gasteiger partial charge >= 0.3 is 0 Å². The van der Waals surface area contributed by atoms with Crippen molar-refractivity contribution in [1.82, 2.24) is 4.90 Å². The molecule has 0 saturated carbocycles. The van der Waals surface area contributed by atoms with Crippen molar-refractivity contribution in [2.24, 2.45) is 5.92 Å². The molecular weight excluding hydrogens is 254 g/mol. The molecule has 1 saturated heterocycles. The van der Waals surface area contributed by atoms with Gasteiger partial charge in [-0.05, 0) is 23.6 Å². The highest BCUT2D eigenvalue weighted by Crippen LogP contribution is 2.27. The normalized spacial score (nSPS) is 18.4. The lowest BCUT2D eigenvalue weighted by Gasteiger charge is -2.31. The predicted molar refractivity (Wildman–Crippen MR) is 78.0 cm³/mol.